The summed E-state index contributed by atoms with van der Waals surface area (Å²) in [5.41, 5.74) is 2.38. The lowest BCUT2D eigenvalue weighted by molar-refractivity contribution is -0.118. The van der Waals surface area contributed by atoms with Crippen molar-refractivity contribution in [3.05, 3.63) is 85.8 Å². The number of hydrogen-bond donors (Lipinski definition) is 2. The zero-order valence-electron chi connectivity index (χ0n) is 19.2. The number of aryl methyl sites for hydroxylation is 1. The van der Waals surface area contributed by atoms with Crippen molar-refractivity contribution >= 4 is 68.4 Å². The highest BCUT2D eigenvalue weighted by Crippen LogP contribution is 2.37. The van der Waals surface area contributed by atoms with Crippen LogP contribution in [-0.2, 0) is 9.59 Å². The number of nitrogens with one attached hydrogen (secondary N) is 2. The van der Waals surface area contributed by atoms with Crippen LogP contribution in [0.5, 0.6) is 11.5 Å². The van der Waals surface area contributed by atoms with E-state index in [1.807, 2.05) is 25.1 Å². The number of ether oxygens (including phenoxy) is 2. The molecule has 3 aromatic carbocycles. The van der Waals surface area contributed by atoms with Gasteiger partial charge < -0.3 is 20.1 Å². The van der Waals surface area contributed by atoms with Gasteiger partial charge in [0.1, 0.15) is 11.6 Å². The second kappa shape index (κ2) is 12.5. The molecule has 0 unspecified atom stereocenters. The molecule has 0 fully saturated rings. The van der Waals surface area contributed by atoms with E-state index in [0.29, 0.717) is 37.2 Å². The molecule has 0 atom stereocenters. The Labute approximate surface area is 226 Å². The normalized spacial score (nSPS) is 10.8. The highest BCUT2D eigenvalue weighted by molar-refractivity contribution is 9.10. The quantitative estimate of drug-likeness (QED) is 0.227. The van der Waals surface area contributed by atoms with E-state index in [9.17, 15) is 14.9 Å². The summed E-state index contributed by atoms with van der Waals surface area (Å²) in [6.45, 7) is 1.55. The molecule has 184 valence electrons. The fourth-order valence-electron chi connectivity index (χ4n) is 3.09. The average Bonchev–Trinajstić information content (AvgIpc) is 2.85. The highest BCUT2D eigenvalue weighted by Gasteiger charge is 2.16. The van der Waals surface area contributed by atoms with Crippen molar-refractivity contribution in [3.63, 3.8) is 0 Å². The predicted octanol–water partition coefficient (Wildman–Crippen LogP) is 6.64. The van der Waals surface area contributed by atoms with E-state index in [4.69, 9.17) is 32.7 Å². The minimum absolute atomic E-state index is 0.0955. The van der Waals surface area contributed by atoms with Crippen molar-refractivity contribution in [1.82, 2.24) is 0 Å². The van der Waals surface area contributed by atoms with Gasteiger partial charge in [0.05, 0.1) is 21.6 Å². The maximum Gasteiger partial charge on any atom is 0.266 e. The minimum atomic E-state index is -0.541. The van der Waals surface area contributed by atoms with E-state index < -0.39 is 11.8 Å². The molecule has 0 spiro atoms. The zero-order valence-corrected chi connectivity index (χ0v) is 22.3. The Morgan fingerprint density at radius 2 is 1.83 bits per heavy atom. The van der Waals surface area contributed by atoms with Crippen LogP contribution in [0.2, 0.25) is 10.0 Å². The Balaban J connectivity index is 1.74. The molecule has 0 aliphatic rings. The average molecular weight is 589 g/mol. The van der Waals surface area contributed by atoms with Crippen LogP contribution < -0.4 is 20.1 Å². The molecule has 2 amide bonds. The van der Waals surface area contributed by atoms with E-state index in [1.54, 1.807) is 36.4 Å². The maximum atomic E-state index is 12.6. The summed E-state index contributed by atoms with van der Waals surface area (Å²) >= 11 is 15.3. The Hall–Kier alpha value is -3.51. The molecule has 3 rings (SSSR count). The summed E-state index contributed by atoms with van der Waals surface area (Å²) in [7, 11) is 1.44. The molecule has 0 aliphatic heterocycles. The first-order chi connectivity index (χ1) is 17.2. The van der Waals surface area contributed by atoms with E-state index in [0.717, 1.165) is 5.56 Å². The number of methoxy groups -OCH3 is 1. The molecule has 36 heavy (non-hydrogen) atoms. The summed E-state index contributed by atoms with van der Waals surface area (Å²) < 4.78 is 11.5. The molecular formula is C26H20BrCl2N3O4. The Kier molecular flexibility index (Phi) is 9.37. The summed E-state index contributed by atoms with van der Waals surface area (Å²) in [4.78, 5) is 25.0. The molecule has 0 radical (unpaired) electrons. The Bertz CT molecular complexity index is 1390. The first kappa shape index (κ1) is 27.1. The van der Waals surface area contributed by atoms with Crippen LogP contribution in [0.15, 0.2) is 64.6 Å². The molecule has 10 heteroatoms. The standard InChI is InChI=1S/C26H20BrCl2N3O4/c1-15-5-3-4-6-22(15)32-26(34)17(13-30)9-16-10-19(27)25(23(11-16)35-2)36-14-24(33)31-18-7-8-20(28)21(29)12-18/h3-12H,14H2,1-2H3,(H,31,33)(H,32,34)/b17-9-. The van der Waals surface area contributed by atoms with Gasteiger partial charge in [0, 0.05) is 11.4 Å². The smallest absolute Gasteiger partial charge is 0.266 e. The third-order valence-corrected chi connectivity index (χ3v) is 6.20. The largest absolute Gasteiger partial charge is 0.493 e. The van der Waals surface area contributed by atoms with Gasteiger partial charge in [-0.3, -0.25) is 9.59 Å². The van der Waals surface area contributed by atoms with Crippen molar-refractivity contribution in [1.29, 1.82) is 5.26 Å². The summed E-state index contributed by atoms with van der Waals surface area (Å²) in [6, 6.07) is 17.1. The number of nitrogens with zero attached hydrogens (tertiary/aromatic N) is 1. The summed E-state index contributed by atoms with van der Waals surface area (Å²) in [6.07, 6.45) is 1.43. The number of hydrogen-bond acceptors (Lipinski definition) is 5. The van der Waals surface area contributed by atoms with Gasteiger partial charge in [0.25, 0.3) is 11.8 Å². The predicted molar refractivity (Wildman–Crippen MR) is 145 cm³/mol. The number of carbonyl (C=O) groups excluding carboxylic acids is 2. The van der Waals surface area contributed by atoms with Crippen LogP contribution in [0.3, 0.4) is 0 Å². The lowest BCUT2D eigenvalue weighted by Gasteiger charge is -2.14. The minimum Gasteiger partial charge on any atom is -0.493 e. The van der Waals surface area contributed by atoms with Gasteiger partial charge in [-0.1, -0.05) is 41.4 Å². The van der Waals surface area contributed by atoms with Gasteiger partial charge in [-0.05, 0) is 76.5 Å². The number of carbonyl (C=O) groups is 2. The zero-order chi connectivity index (χ0) is 26.2. The first-order valence-corrected chi connectivity index (χ1v) is 12.0. The number of halogens is 3. The maximum absolute atomic E-state index is 12.6. The van der Waals surface area contributed by atoms with Crippen LogP contribution >= 0.6 is 39.1 Å². The number of para-hydroxylation sites is 1. The van der Waals surface area contributed by atoms with Crippen molar-refractivity contribution in [2.75, 3.05) is 24.4 Å². The molecule has 0 saturated carbocycles. The van der Waals surface area contributed by atoms with Gasteiger partial charge in [0.15, 0.2) is 18.1 Å². The molecule has 0 aliphatic carbocycles. The molecule has 0 saturated heterocycles. The van der Waals surface area contributed by atoms with Gasteiger partial charge in [-0.15, -0.1) is 0 Å². The molecule has 3 aromatic rings. The number of amides is 2. The van der Waals surface area contributed by atoms with Crippen LogP contribution in [0.25, 0.3) is 6.08 Å². The van der Waals surface area contributed by atoms with Gasteiger partial charge in [0.2, 0.25) is 0 Å². The third-order valence-electron chi connectivity index (χ3n) is 4.87. The second-order valence-corrected chi connectivity index (χ2v) is 9.11. The van der Waals surface area contributed by atoms with Crippen LogP contribution in [0.1, 0.15) is 11.1 Å². The molecule has 0 heterocycles. The third kappa shape index (κ3) is 7.01. The van der Waals surface area contributed by atoms with Crippen molar-refractivity contribution in [3.8, 4) is 17.6 Å². The number of rotatable bonds is 8. The highest BCUT2D eigenvalue weighted by atomic mass is 79.9. The fourth-order valence-corrected chi connectivity index (χ4v) is 3.96. The van der Waals surface area contributed by atoms with E-state index in [1.165, 1.54) is 19.3 Å². The number of nitriles is 1. The molecular weight excluding hydrogens is 569 g/mol. The SMILES string of the molecule is COc1cc(/C=C(/C#N)C(=O)Nc2ccccc2C)cc(Br)c1OCC(=O)Nc1ccc(Cl)c(Cl)c1. The van der Waals surface area contributed by atoms with E-state index in [-0.39, 0.29) is 17.9 Å². The van der Waals surface area contributed by atoms with Crippen LogP contribution in [0.4, 0.5) is 11.4 Å². The lowest BCUT2D eigenvalue weighted by Crippen LogP contribution is -2.20. The van der Waals surface area contributed by atoms with Crippen molar-refractivity contribution in [2.24, 2.45) is 0 Å². The molecule has 0 aromatic heterocycles. The molecule has 2 N–H and O–H groups in total. The molecule has 0 bridgehead atoms. The second-order valence-electron chi connectivity index (χ2n) is 7.44. The number of benzene rings is 3. The van der Waals surface area contributed by atoms with Gasteiger partial charge in [-0.25, -0.2) is 0 Å². The summed E-state index contributed by atoms with van der Waals surface area (Å²) in [5, 5.41) is 15.6. The lowest BCUT2D eigenvalue weighted by atomic mass is 10.1. The topological polar surface area (TPSA) is 100 Å². The first-order valence-electron chi connectivity index (χ1n) is 10.5. The van der Waals surface area contributed by atoms with Crippen molar-refractivity contribution < 1.29 is 19.1 Å². The number of anilines is 2. The summed E-state index contributed by atoms with van der Waals surface area (Å²) in [5.74, 6) is -0.386. The fraction of sp³-hybridized carbons (Fsp3) is 0.115. The van der Waals surface area contributed by atoms with E-state index in [2.05, 4.69) is 26.6 Å². The van der Waals surface area contributed by atoms with Crippen LogP contribution in [0, 0.1) is 18.3 Å². The van der Waals surface area contributed by atoms with Gasteiger partial charge in [-0.2, -0.15) is 5.26 Å². The van der Waals surface area contributed by atoms with Gasteiger partial charge >= 0.3 is 0 Å². The van der Waals surface area contributed by atoms with E-state index >= 15 is 0 Å². The monoisotopic (exact) mass is 587 g/mol. The van der Waals surface area contributed by atoms with Crippen molar-refractivity contribution in [2.45, 2.75) is 6.92 Å². The Morgan fingerprint density at radius 3 is 2.50 bits per heavy atom. The molecule has 7 nitrogen and oxygen atoms in total. The Morgan fingerprint density at radius 1 is 1.08 bits per heavy atom. The van der Waals surface area contributed by atoms with Crippen LogP contribution in [-0.4, -0.2) is 25.5 Å².